The van der Waals surface area contributed by atoms with Crippen LogP contribution < -0.4 is 14.3 Å². The molecule has 1 aromatic heterocycles. The van der Waals surface area contributed by atoms with E-state index in [1.807, 2.05) is 30.5 Å². The Morgan fingerprint density at radius 1 is 1.06 bits per heavy atom. The maximum absolute atomic E-state index is 12.9. The summed E-state index contributed by atoms with van der Waals surface area (Å²) in [6, 6.07) is 9.54. The van der Waals surface area contributed by atoms with E-state index in [0.29, 0.717) is 35.0 Å². The predicted octanol–water partition coefficient (Wildman–Crippen LogP) is 3.90. The molecule has 0 aliphatic heterocycles. The third-order valence-electron chi connectivity index (χ3n) is 5.34. The van der Waals surface area contributed by atoms with Crippen LogP contribution in [0.2, 0.25) is 0 Å². The van der Waals surface area contributed by atoms with E-state index in [2.05, 4.69) is 4.99 Å². The van der Waals surface area contributed by atoms with E-state index >= 15 is 0 Å². The minimum atomic E-state index is -3.59. The van der Waals surface area contributed by atoms with Crippen LogP contribution in [0, 0.1) is 0 Å². The molecule has 178 valence electrons. The van der Waals surface area contributed by atoms with Crippen molar-refractivity contribution in [3.63, 3.8) is 0 Å². The van der Waals surface area contributed by atoms with Gasteiger partial charge in [0.05, 0.1) is 19.1 Å². The van der Waals surface area contributed by atoms with E-state index in [1.54, 1.807) is 21.3 Å². The van der Waals surface area contributed by atoms with Crippen LogP contribution in [0.5, 0.6) is 11.5 Å². The first-order valence-corrected chi connectivity index (χ1v) is 12.9. The number of thiazole rings is 1. The minimum Gasteiger partial charge on any atom is -0.495 e. The zero-order valence-electron chi connectivity index (χ0n) is 19.5. The summed E-state index contributed by atoms with van der Waals surface area (Å²) in [5.74, 6) is 0.887. The van der Waals surface area contributed by atoms with Crippen LogP contribution in [0.3, 0.4) is 0 Å². The Kier molecular flexibility index (Phi) is 7.93. The Morgan fingerprint density at radius 3 is 2.27 bits per heavy atom. The first-order valence-electron chi connectivity index (χ1n) is 10.7. The van der Waals surface area contributed by atoms with E-state index in [9.17, 15) is 13.2 Å². The predicted molar refractivity (Wildman–Crippen MR) is 130 cm³/mol. The van der Waals surface area contributed by atoms with Crippen LogP contribution in [0.25, 0.3) is 10.2 Å². The fourth-order valence-electron chi connectivity index (χ4n) is 3.43. The quantitative estimate of drug-likeness (QED) is 0.453. The zero-order chi connectivity index (χ0) is 24.2. The average Bonchev–Trinajstić information content (AvgIpc) is 3.19. The van der Waals surface area contributed by atoms with Gasteiger partial charge in [0, 0.05) is 25.7 Å². The number of carbonyl (C=O) groups excluding carboxylic acids is 1. The average molecular weight is 492 g/mol. The van der Waals surface area contributed by atoms with Crippen LogP contribution in [0.1, 0.15) is 37.0 Å². The number of unbranched alkanes of at least 4 members (excludes halogenated alkanes) is 1. The molecule has 0 bridgehead atoms. The van der Waals surface area contributed by atoms with Gasteiger partial charge in [0.1, 0.15) is 21.7 Å². The van der Waals surface area contributed by atoms with E-state index in [-0.39, 0.29) is 4.90 Å². The lowest BCUT2D eigenvalue weighted by atomic mass is 10.2. The highest BCUT2D eigenvalue weighted by molar-refractivity contribution is 7.89. The van der Waals surface area contributed by atoms with Gasteiger partial charge in [0.2, 0.25) is 10.0 Å². The number of amides is 1. The van der Waals surface area contributed by atoms with Crippen LogP contribution in [0.15, 0.2) is 46.3 Å². The third kappa shape index (κ3) is 4.97. The molecular formula is C23H29N3O5S2. The third-order valence-corrected chi connectivity index (χ3v) is 8.31. The van der Waals surface area contributed by atoms with Gasteiger partial charge in [0.25, 0.3) is 5.91 Å². The standard InChI is InChI=1S/C23H29N3O5S2/c1-6-8-15-25(3)33(28,29)17-11-9-16(10-12-17)22(27)24-23-26(7-2)20-18(30-4)13-14-19(31-5)21(20)32-23/h9-14H,6-8,15H2,1-5H3. The van der Waals surface area contributed by atoms with Crippen molar-refractivity contribution in [3.05, 3.63) is 46.8 Å². The molecule has 33 heavy (non-hydrogen) atoms. The Balaban J connectivity index is 1.99. The number of rotatable bonds is 9. The molecule has 1 heterocycles. The van der Waals surface area contributed by atoms with Gasteiger partial charge in [-0.05, 0) is 49.7 Å². The lowest BCUT2D eigenvalue weighted by Gasteiger charge is -2.16. The topological polar surface area (TPSA) is 90.2 Å². The Morgan fingerprint density at radius 2 is 1.70 bits per heavy atom. The van der Waals surface area contributed by atoms with Crippen LogP contribution in [-0.4, -0.2) is 51.0 Å². The summed E-state index contributed by atoms with van der Waals surface area (Å²) in [6.45, 7) is 5.00. The molecule has 2 aromatic carbocycles. The molecule has 0 unspecified atom stereocenters. The molecule has 0 saturated carbocycles. The summed E-state index contributed by atoms with van der Waals surface area (Å²) >= 11 is 1.34. The smallest absolute Gasteiger partial charge is 0.279 e. The fraction of sp³-hybridized carbons (Fsp3) is 0.391. The lowest BCUT2D eigenvalue weighted by Crippen LogP contribution is -2.27. The molecule has 0 radical (unpaired) electrons. The molecule has 3 rings (SSSR count). The molecule has 0 spiro atoms. The van der Waals surface area contributed by atoms with Crippen LogP contribution >= 0.6 is 11.3 Å². The molecule has 0 saturated heterocycles. The molecule has 3 aromatic rings. The van der Waals surface area contributed by atoms with Gasteiger partial charge < -0.3 is 14.0 Å². The van der Waals surface area contributed by atoms with Gasteiger partial charge in [-0.1, -0.05) is 24.7 Å². The van der Waals surface area contributed by atoms with Crippen molar-refractivity contribution in [2.24, 2.45) is 4.99 Å². The van der Waals surface area contributed by atoms with Crippen molar-refractivity contribution in [1.29, 1.82) is 0 Å². The molecule has 1 amide bonds. The fourth-order valence-corrected chi connectivity index (χ4v) is 5.85. The second-order valence-electron chi connectivity index (χ2n) is 7.40. The summed E-state index contributed by atoms with van der Waals surface area (Å²) in [4.78, 5) is 17.9. The highest BCUT2D eigenvalue weighted by Crippen LogP contribution is 2.35. The van der Waals surface area contributed by atoms with E-state index < -0.39 is 15.9 Å². The molecule has 0 atom stereocenters. The van der Waals surface area contributed by atoms with Gasteiger partial charge in [-0.25, -0.2) is 12.7 Å². The molecule has 10 heteroatoms. The van der Waals surface area contributed by atoms with Gasteiger partial charge in [-0.15, -0.1) is 0 Å². The number of hydrogen-bond acceptors (Lipinski definition) is 6. The molecule has 8 nitrogen and oxygen atoms in total. The number of aryl methyl sites for hydroxylation is 1. The van der Waals surface area contributed by atoms with Crippen molar-refractivity contribution in [2.75, 3.05) is 27.8 Å². The largest absolute Gasteiger partial charge is 0.495 e. The Labute approximate surface area is 198 Å². The Hall–Kier alpha value is -2.69. The van der Waals surface area contributed by atoms with Gasteiger partial charge in [0.15, 0.2) is 4.80 Å². The molecule has 0 N–H and O–H groups in total. The van der Waals surface area contributed by atoms with Gasteiger partial charge in [-0.2, -0.15) is 4.99 Å². The number of benzene rings is 2. The SMILES string of the molecule is CCCCN(C)S(=O)(=O)c1ccc(C(=O)N=c2sc3c(OC)ccc(OC)c3n2CC)cc1. The highest BCUT2D eigenvalue weighted by Gasteiger charge is 2.21. The summed E-state index contributed by atoms with van der Waals surface area (Å²) in [5.41, 5.74) is 1.12. The first kappa shape index (κ1) is 24.9. The van der Waals surface area contributed by atoms with Gasteiger partial charge in [-0.3, -0.25) is 4.79 Å². The van der Waals surface area contributed by atoms with Crippen molar-refractivity contribution in [2.45, 2.75) is 38.1 Å². The molecule has 0 aliphatic carbocycles. The monoisotopic (exact) mass is 491 g/mol. The summed E-state index contributed by atoms with van der Waals surface area (Å²) < 4.78 is 40.5. The number of methoxy groups -OCH3 is 2. The molecule has 0 fully saturated rings. The zero-order valence-corrected chi connectivity index (χ0v) is 21.1. The summed E-state index contributed by atoms with van der Waals surface area (Å²) in [6.07, 6.45) is 1.69. The van der Waals surface area contributed by atoms with Crippen LogP contribution in [0.4, 0.5) is 0 Å². The van der Waals surface area contributed by atoms with Crippen molar-refractivity contribution < 1.29 is 22.7 Å². The number of aromatic nitrogens is 1. The molecule has 0 aliphatic rings. The number of sulfonamides is 1. The molecular weight excluding hydrogens is 462 g/mol. The Bertz CT molecular complexity index is 1310. The van der Waals surface area contributed by atoms with E-state index in [4.69, 9.17) is 9.47 Å². The van der Waals surface area contributed by atoms with Crippen molar-refractivity contribution >= 4 is 37.5 Å². The van der Waals surface area contributed by atoms with Crippen LogP contribution in [-0.2, 0) is 16.6 Å². The van der Waals surface area contributed by atoms with Crippen molar-refractivity contribution in [1.82, 2.24) is 8.87 Å². The highest BCUT2D eigenvalue weighted by atomic mass is 32.2. The second-order valence-corrected chi connectivity index (χ2v) is 10.4. The van der Waals surface area contributed by atoms with Gasteiger partial charge >= 0.3 is 0 Å². The number of ether oxygens (including phenoxy) is 2. The maximum atomic E-state index is 12.9. The number of carbonyl (C=O) groups is 1. The first-order chi connectivity index (χ1) is 15.8. The minimum absolute atomic E-state index is 0.151. The number of hydrogen-bond donors (Lipinski definition) is 0. The summed E-state index contributed by atoms with van der Waals surface area (Å²) in [7, 11) is 1.15. The number of fused-ring (bicyclic) bond motifs is 1. The van der Waals surface area contributed by atoms with E-state index in [1.165, 1.54) is 39.9 Å². The maximum Gasteiger partial charge on any atom is 0.279 e. The summed E-state index contributed by atoms with van der Waals surface area (Å²) in [5, 5.41) is 0. The van der Waals surface area contributed by atoms with E-state index in [0.717, 1.165) is 23.1 Å². The van der Waals surface area contributed by atoms with Crippen molar-refractivity contribution in [3.8, 4) is 11.5 Å². The number of nitrogens with zero attached hydrogens (tertiary/aromatic N) is 3. The lowest BCUT2D eigenvalue weighted by molar-refractivity contribution is 0.0997. The normalized spacial score (nSPS) is 12.5. The second kappa shape index (κ2) is 10.5.